The van der Waals surface area contributed by atoms with Gasteiger partial charge in [0.2, 0.25) is 0 Å². The first-order valence-corrected chi connectivity index (χ1v) is 5.57. The number of nitrogens with two attached hydrogens (primary N) is 1. The summed E-state index contributed by atoms with van der Waals surface area (Å²) in [4.78, 5) is 0. The molecule has 18 heavy (non-hydrogen) atoms. The van der Waals surface area contributed by atoms with Gasteiger partial charge >= 0.3 is 0 Å². The minimum atomic E-state index is -0.409. The SMILES string of the molecule is COc1ccc(Nc2ccc(C)cc2N)cc1F. The van der Waals surface area contributed by atoms with E-state index in [2.05, 4.69) is 5.32 Å². The van der Waals surface area contributed by atoms with E-state index >= 15 is 0 Å². The maximum Gasteiger partial charge on any atom is 0.167 e. The van der Waals surface area contributed by atoms with Gasteiger partial charge in [-0.05, 0) is 36.8 Å². The summed E-state index contributed by atoms with van der Waals surface area (Å²) in [5.41, 5.74) is 8.98. The first-order valence-electron chi connectivity index (χ1n) is 5.57. The average molecular weight is 246 g/mol. The summed E-state index contributed by atoms with van der Waals surface area (Å²) in [6.07, 6.45) is 0. The number of ether oxygens (including phenoxy) is 1. The fraction of sp³-hybridized carbons (Fsp3) is 0.143. The van der Waals surface area contributed by atoms with Crippen LogP contribution in [0.5, 0.6) is 5.75 Å². The maximum atomic E-state index is 13.5. The molecule has 0 radical (unpaired) electrons. The van der Waals surface area contributed by atoms with E-state index in [0.29, 0.717) is 11.4 Å². The molecule has 0 fully saturated rings. The van der Waals surface area contributed by atoms with Crippen LogP contribution >= 0.6 is 0 Å². The van der Waals surface area contributed by atoms with Crippen LogP contribution in [0.15, 0.2) is 36.4 Å². The van der Waals surface area contributed by atoms with E-state index in [0.717, 1.165) is 11.3 Å². The zero-order chi connectivity index (χ0) is 13.1. The second kappa shape index (κ2) is 4.96. The summed E-state index contributed by atoms with van der Waals surface area (Å²) in [5, 5.41) is 3.07. The van der Waals surface area contributed by atoms with Gasteiger partial charge in [0.25, 0.3) is 0 Å². The Labute approximate surface area is 105 Å². The smallest absolute Gasteiger partial charge is 0.167 e. The largest absolute Gasteiger partial charge is 0.494 e. The molecule has 3 N–H and O–H groups in total. The van der Waals surface area contributed by atoms with Crippen molar-refractivity contribution in [3.05, 3.63) is 47.8 Å². The fourth-order valence-electron chi connectivity index (χ4n) is 1.70. The molecule has 94 valence electrons. The molecular weight excluding hydrogens is 231 g/mol. The van der Waals surface area contributed by atoms with E-state index in [9.17, 15) is 4.39 Å². The Bertz CT molecular complexity index is 570. The molecule has 4 heteroatoms. The Morgan fingerprint density at radius 3 is 2.56 bits per heavy atom. The van der Waals surface area contributed by atoms with E-state index in [1.807, 2.05) is 25.1 Å². The van der Waals surface area contributed by atoms with Gasteiger partial charge in [0.1, 0.15) is 0 Å². The number of anilines is 3. The van der Waals surface area contributed by atoms with Crippen molar-refractivity contribution in [2.75, 3.05) is 18.2 Å². The van der Waals surface area contributed by atoms with Crippen LogP contribution in [-0.2, 0) is 0 Å². The summed E-state index contributed by atoms with van der Waals surface area (Å²) in [6, 6.07) is 10.4. The van der Waals surface area contributed by atoms with Gasteiger partial charge in [-0.1, -0.05) is 6.07 Å². The maximum absolute atomic E-state index is 13.5. The number of nitrogen functional groups attached to an aromatic ring is 1. The van der Waals surface area contributed by atoms with E-state index in [-0.39, 0.29) is 5.75 Å². The van der Waals surface area contributed by atoms with Crippen LogP contribution < -0.4 is 15.8 Å². The predicted octanol–water partition coefficient (Wildman–Crippen LogP) is 3.47. The zero-order valence-electron chi connectivity index (χ0n) is 10.3. The van der Waals surface area contributed by atoms with Crippen LogP contribution in [0.25, 0.3) is 0 Å². The normalized spacial score (nSPS) is 10.2. The van der Waals surface area contributed by atoms with Gasteiger partial charge in [0.05, 0.1) is 18.5 Å². The number of rotatable bonds is 3. The van der Waals surface area contributed by atoms with Gasteiger partial charge in [-0.25, -0.2) is 4.39 Å². The molecule has 0 unspecified atom stereocenters. The average Bonchev–Trinajstić information content (AvgIpc) is 2.33. The van der Waals surface area contributed by atoms with E-state index in [1.165, 1.54) is 13.2 Å². The number of methoxy groups -OCH3 is 1. The lowest BCUT2D eigenvalue weighted by Gasteiger charge is -2.11. The number of hydrogen-bond donors (Lipinski definition) is 2. The topological polar surface area (TPSA) is 47.3 Å². The number of aryl methyl sites for hydroxylation is 1. The fourth-order valence-corrected chi connectivity index (χ4v) is 1.70. The van der Waals surface area contributed by atoms with Gasteiger partial charge in [-0.15, -0.1) is 0 Å². The highest BCUT2D eigenvalue weighted by atomic mass is 19.1. The first-order chi connectivity index (χ1) is 8.60. The molecule has 0 aliphatic rings. The van der Waals surface area contributed by atoms with Crippen molar-refractivity contribution in [1.82, 2.24) is 0 Å². The Morgan fingerprint density at radius 1 is 1.17 bits per heavy atom. The summed E-state index contributed by atoms with van der Waals surface area (Å²) in [6.45, 7) is 1.97. The molecule has 0 aliphatic carbocycles. The van der Waals surface area contributed by atoms with E-state index < -0.39 is 5.82 Å². The van der Waals surface area contributed by atoms with E-state index in [4.69, 9.17) is 10.5 Å². The van der Waals surface area contributed by atoms with Gasteiger partial charge < -0.3 is 15.8 Å². The number of hydrogen-bond acceptors (Lipinski definition) is 3. The summed E-state index contributed by atoms with van der Waals surface area (Å²) >= 11 is 0. The van der Waals surface area contributed by atoms with Crippen LogP contribution in [0.2, 0.25) is 0 Å². The molecule has 0 heterocycles. The molecule has 0 atom stereocenters. The molecule has 0 saturated heterocycles. The molecule has 2 aromatic carbocycles. The summed E-state index contributed by atoms with van der Waals surface area (Å²) < 4.78 is 18.4. The molecule has 2 aromatic rings. The third kappa shape index (κ3) is 2.53. The van der Waals surface area contributed by atoms with Crippen LogP contribution in [0.4, 0.5) is 21.5 Å². The third-order valence-corrected chi connectivity index (χ3v) is 2.64. The van der Waals surface area contributed by atoms with Gasteiger partial charge in [0, 0.05) is 11.8 Å². The van der Waals surface area contributed by atoms with E-state index in [1.54, 1.807) is 12.1 Å². The molecule has 0 bridgehead atoms. The Hall–Kier alpha value is -2.23. The second-order valence-electron chi connectivity index (χ2n) is 4.07. The van der Waals surface area contributed by atoms with Gasteiger partial charge in [0.15, 0.2) is 11.6 Å². The lowest BCUT2D eigenvalue weighted by molar-refractivity contribution is 0.386. The van der Waals surface area contributed by atoms with Crippen LogP contribution in [0.3, 0.4) is 0 Å². The molecule has 0 spiro atoms. The minimum Gasteiger partial charge on any atom is -0.494 e. The standard InChI is InChI=1S/C14H15FN2O/c1-9-3-5-13(12(16)7-9)17-10-4-6-14(18-2)11(15)8-10/h3-8,17H,16H2,1-2H3. The predicted molar refractivity (Wildman–Crippen MR) is 71.8 cm³/mol. The molecule has 0 aliphatic heterocycles. The quantitative estimate of drug-likeness (QED) is 0.815. The third-order valence-electron chi connectivity index (χ3n) is 2.64. The molecule has 0 amide bonds. The van der Waals surface area contributed by atoms with Crippen LogP contribution in [-0.4, -0.2) is 7.11 Å². The second-order valence-corrected chi connectivity index (χ2v) is 4.07. The molecule has 0 aromatic heterocycles. The number of nitrogens with one attached hydrogen (secondary N) is 1. The van der Waals surface area contributed by atoms with Crippen molar-refractivity contribution < 1.29 is 9.13 Å². The molecule has 2 rings (SSSR count). The van der Waals surface area contributed by atoms with Crippen molar-refractivity contribution in [3.63, 3.8) is 0 Å². The minimum absolute atomic E-state index is 0.220. The highest BCUT2D eigenvalue weighted by Gasteiger charge is 2.05. The van der Waals surface area contributed by atoms with Crippen LogP contribution in [0, 0.1) is 12.7 Å². The Kier molecular flexibility index (Phi) is 3.37. The Morgan fingerprint density at radius 2 is 1.94 bits per heavy atom. The number of benzene rings is 2. The monoisotopic (exact) mass is 246 g/mol. The molecule has 3 nitrogen and oxygen atoms in total. The highest BCUT2D eigenvalue weighted by molar-refractivity contribution is 5.73. The van der Waals surface area contributed by atoms with Crippen molar-refractivity contribution in [3.8, 4) is 5.75 Å². The lowest BCUT2D eigenvalue weighted by Crippen LogP contribution is -1.97. The van der Waals surface area contributed by atoms with Gasteiger partial charge in [-0.2, -0.15) is 0 Å². The Balaban J connectivity index is 2.26. The molecule has 0 saturated carbocycles. The van der Waals surface area contributed by atoms with Gasteiger partial charge in [-0.3, -0.25) is 0 Å². The van der Waals surface area contributed by atoms with Crippen molar-refractivity contribution >= 4 is 17.1 Å². The van der Waals surface area contributed by atoms with Crippen molar-refractivity contribution in [1.29, 1.82) is 0 Å². The van der Waals surface area contributed by atoms with Crippen molar-refractivity contribution in [2.45, 2.75) is 6.92 Å². The zero-order valence-corrected chi connectivity index (χ0v) is 10.3. The first kappa shape index (κ1) is 12.2. The lowest BCUT2D eigenvalue weighted by atomic mass is 10.2. The number of halogens is 1. The van der Waals surface area contributed by atoms with Crippen LogP contribution in [0.1, 0.15) is 5.56 Å². The summed E-state index contributed by atoms with van der Waals surface area (Å²) in [5.74, 6) is -0.189. The molecular formula is C14H15FN2O. The summed E-state index contributed by atoms with van der Waals surface area (Å²) in [7, 11) is 1.43. The highest BCUT2D eigenvalue weighted by Crippen LogP contribution is 2.26. The van der Waals surface area contributed by atoms with Crippen molar-refractivity contribution in [2.24, 2.45) is 0 Å².